The van der Waals surface area contributed by atoms with E-state index in [1.807, 2.05) is 0 Å². The molecule has 0 bridgehead atoms. The van der Waals surface area contributed by atoms with Crippen molar-refractivity contribution in [1.82, 2.24) is 18.5 Å². The summed E-state index contributed by atoms with van der Waals surface area (Å²) in [4.78, 5) is 0. The molecule has 7 nitrogen and oxygen atoms in total. The molecule has 0 aliphatic carbocycles. The van der Waals surface area contributed by atoms with E-state index in [0.29, 0.717) is 0 Å². The van der Waals surface area contributed by atoms with Gasteiger partial charge in [0, 0.05) is 0 Å². The lowest BCUT2D eigenvalue weighted by Gasteiger charge is -2.50. The average molecular weight is 131 g/mol. The fraction of sp³-hybridized carbons (Fsp3) is 1.00. The molecule has 0 spiro atoms. The summed E-state index contributed by atoms with van der Waals surface area (Å²) in [5.41, 5.74) is 0. The molecule has 0 saturated heterocycles. The molecule has 0 radical (unpaired) electrons. The molecular weight excluding hydrogens is 118 g/mol. The van der Waals surface area contributed by atoms with Crippen LogP contribution in [-0.4, -0.2) is 11.3 Å². The van der Waals surface area contributed by atoms with Gasteiger partial charge in [0.05, 0.1) is 0 Å². The summed E-state index contributed by atoms with van der Waals surface area (Å²) in [6.45, 7) is 0. The Bertz CT molecular complexity index is 26.8. The Morgan fingerprint density at radius 2 is 0.875 bits per heavy atom. The third-order valence-corrected chi connectivity index (χ3v) is 0. The standard InChI is InChI=1S/CHO4.3H3N/c2-1(3,4)5;;;/h2H;3*1H3/q-3;;;/p+3. The molecule has 13 N–H and O–H groups in total. The molecule has 0 atom stereocenters. The normalized spacial score (nSPS) is 7.50. The van der Waals surface area contributed by atoms with Gasteiger partial charge < -0.3 is 38.9 Å². The van der Waals surface area contributed by atoms with Crippen molar-refractivity contribution >= 4 is 0 Å². The van der Waals surface area contributed by atoms with E-state index >= 15 is 0 Å². The van der Waals surface area contributed by atoms with Crippen molar-refractivity contribution < 1.29 is 20.4 Å². The molecular formula is CH13N3O4. The molecule has 8 heavy (non-hydrogen) atoms. The minimum Gasteiger partial charge on any atom is -0.856 e. The van der Waals surface area contributed by atoms with Crippen LogP contribution in [0.4, 0.5) is 0 Å². The molecule has 56 valence electrons. The first kappa shape index (κ1) is 25.2. The number of rotatable bonds is 0. The zero-order valence-electron chi connectivity index (χ0n) is 5.17. The van der Waals surface area contributed by atoms with E-state index in [0.717, 1.165) is 0 Å². The highest BCUT2D eigenvalue weighted by molar-refractivity contribution is 3.84. The van der Waals surface area contributed by atoms with Gasteiger partial charge >= 0.3 is 0 Å². The first-order valence-electron chi connectivity index (χ1n) is 0.836. The van der Waals surface area contributed by atoms with Crippen LogP contribution in [0.2, 0.25) is 0 Å². The molecule has 0 rings (SSSR count). The lowest BCUT2D eigenvalue weighted by molar-refractivity contribution is -0.957. The number of hydrogen-bond acceptors (Lipinski definition) is 4. The van der Waals surface area contributed by atoms with E-state index in [2.05, 4.69) is 0 Å². The molecule has 0 aromatic carbocycles. The van der Waals surface area contributed by atoms with E-state index < -0.39 is 6.16 Å². The van der Waals surface area contributed by atoms with Crippen LogP contribution in [0.1, 0.15) is 0 Å². The fourth-order valence-corrected chi connectivity index (χ4v) is 0. The van der Waals surface area contributed by atoms with Gasteiger partial charge in [0.15, 0.2) is 0 Å². The maximum absolute atomic E-state index is 8.55. The van der Waals surface area contributed by atoms with Crippen LogP contribution >= 0.6 is 0 Å². The molecule has 0 aliphatic heterocycles. The van der Waals surface area contributed by atoms with Gasteiger partial charge in [-0.05, 0) is 0 Å². The molecule has 0 amide bonds. The minimum atomic E-state index is -4.25. The van der Waals surface area contributed by atoms with Crippen molar-refractivity contribution in [1.29, 1.82) is 0 Å². The van der Waals surface area contributed by atoms with Gasteiger partial charge in [0.25, 0.3) is 0 Å². The average Bonchev–Trinajstić information content (AvgIpc) is 0.722. The summed E-state index contributed by atoms with van der Waals surface area (Å²) in [6.07, 6.45) is -4.25. The first-order chi connectivity index (χ1) is 2.00. The molecule has 0 heterocycles. The van der Waals surface area contributed by atoms with Gasteiger partial charge in [0.1, 0.15) is 0 Å². The van der Waals surface area contributed by atoms with Crippen LogP contribution < -0.4 is 33.8 Å². The van der Waals surface area contributed by atoms with Gasteiger partial charge in [-0.3, -0.25) is 0 Å². The van der Waals surface area contributed by atoms with Crippen molar-refractivity contribution in [2.75, 3.05) is 0 Å². The van der Waals surface area contributed by atoms with Crippen molar-refractivity contribution in [2.24, 2.45) is 0 Å². The Hall–Kier alpha value is -0.280. The van der Waals surface area contributed by atoms with Crippen molar-refractivity contribution in [3.63, 3.8) is 0 Å². The highest BCUT2D eigenvalue weighted by Gasteiger charge is 1.55. The fourth-order valence-electron chi connectivity index (χ4n) is 0. The summed E-state index contributed by atoms with van der Waals surface area (Å²) in [7, 11) is 0. The summed E-state index contributed by atoms with van der Waals surface area (Å²) in [5.74, 6) is 0. The summed E-state index contributed by atoms with van der Waals surface area (Å²) >= 11 is 0. The third kappa shape index (κ3) is 1630. The molecule has 0 saturated carbocycles. The Balaban J connectivity index is -0.0000000267. The topological polar surface area (TPSA) is 199 Å². The van der Waals surface area contributed by atoms with Gasteiger partial charge in [-0.2, -0.15) is 6.16 Å². The zero-order valence-corrected chi connectivity index (χ0v) is 5.17. The Morgan fingerprint density at radius 1 is 0.875 bits per heavy atom. The minimum absolute atomic E-state index is 0. The van der Waals surface area contributed by atoms with E-state index in [-0.39, 0.29) is 18.5 Å². The third-order valence-electron chi connectivity index (χ3n) is 0. The van der Waals surface area contributed by atoms with E-state index in [1.165, 1.54) is 0 Å². The first-order valence-corrected chi connectivity index (χ1v) is 0.836. The predicted octanol–water partition coefficient (Wildman–Crippen LogP) is -3.20. The molecule has 0 aromatic heterocycles. The van der Waals surface area contributed by atoms with Crippen LogP contribution in [0, 0.1) is 0 Å². The van der Waals surface area contributed by atoms with Crippen LogP contribution in [0.25, 0.3) is 0 Å². The number of quaternary nitrogens is 3. The largest absolute Gasteiger partial charge is 0.856 e. The van der Waals surface area contributed by atoms with Gasteiger partial charge in [-0.1, -0.05) is 0 Å². The summed E-state index contributed by atoms with van der Waals surface area (Å²) < 4.78 is 0. The highest BCUT2D eigenvalue weighted by Crippen LogP contribution is 1.48. The van der Waals surface area contributed by atoms with Crippen LogP contribution in [0.3, 0.4) is 0 Å². The van der Waals surface area contributed by atoms with E-state index in [4.69, 9.17) is 20.4 Å². The summed E-state index contributed by atoms with van der Waals surface area (Å²) in [6, 6.07) is 0. The molecule has 0 fully saturated rings. The Kier molecular flexibility index (Phi) is 21.2. The van der Waals surface area contributed by atoms with Gasteiger partial charge in [-0.25, -0.2) is 0 Å². The number of hydrogen-bond donors (Lipinski definition) is 4. The van der Waals surface area contributed by atoms with Gasteiger partial charge in [-0.15, -0.1) is 0 Å². The lowest BCUT2D eigenvalue weighted by Crippen LogP contribution is -2.66. The van der Waals surface area contributed by atoms with E-state index in [9.17, 15) is 0 Å². The van der Waals surface area contributed by atoms with E-state index in [1.54, 1.807) is 0 Å². The Labute approximate surface area is 46.3 Å². The van der Waals surface area contributed by atoms with Crippen LogP contribution in [0.5, 0.6) is 0 Å². The number of aliphatic hydroxyl groups is 1. The second-order valence-electron chi connectivity index (χ2n) is 0.524. The molecule has 0 aliphatic rings. The summed E-state index contributed by atoms with van der Waals surface area (Å²) in [5, 5.41) is 32.5. The maximum atomic E-state index is 8.55. The van der Waals surface area contributed by atoms with Crippen molar-refractivity contribution in [3.8, 4) is 0 Å². The molecule has 0 aromatic rings. The van der Waals surface area contributed by atoms with Crippen molar-refractivity contribution in [2.45, 2.75) is 6.16 Å². The lowest BCUT2D eigenvalue weighted by atomic mass is 11.2. The smallest absolute Gasteiger partial charge is 0.194 e. The Morgan fingerprint density at radius 3 is 0.875 bits per heavy atom. The zero-order chi connectivity index (χ0) is 4.50. The van der Waals surface area contributed by atoms with Crippen LogP contribution in [0.15, 0.2) is 0 Å². The monoisotopic (exact) mass is 131 g/mol. The SMILES string of the molecule is [NH4+].[NH4+].[NH4+].[O-]C([O-])([O-])O. The molecule has 0 unspecified atom stereocenters. The van der Waals surface area contributed by atoms with Crippen LogP contribution in [-0.2, 0) is 0 Å². The second-order valence-corrected chi connectivity index (χ2v) is 0.524. The molecule has 7 heteroatoms. The predicted molar refractivity (Wildman–Crippen MR) is 22.9 cm³/mol. The van der Waals surface area contributed by atoms with Gasteiger partial charge in [0.2, 0.25) is 0 Å². The maximum Gasteiger partial charge on any atom is -0.194 e. The highest BCUT2D eigenvalue weighted by atomic mass is 16.8. The second kappa shape index (κ2) is 6.72. The van der Waals surface area contributed by atoms with Crippen molar-refractivity contribution in [3.05, 3.63) is 0 Å². The quantitative estimate of drug-likeness (QED) is 0.251.